The van der Waals surface area contributed by atoms with E-state index in [4.69, 9.17) is 6.92 Å². The van der Waals surface area contributed by atoms with Crippen LogP contribution < -0.4 is 12.4 Å². The maximum absolute atomic E-state index is 4.72. The SMILES string of the molecule is CC([C@H]1CC([CH2][119Sn]([CH3])([CH3])[CH3])C2C3CC=C4CC(N(C)C)CC[C@]4(C)C3CCC21)N(C)C.[CH2-]C1C[C@H](C(C)N(C)C)C2CCC3C(CC=C4CC(N(C)C)CC[C@@]43C)C12.[Cl-].[Mg+2]. The van der Waals surface area contributed by atoms with Crippen LogP contribution in [0.1, 0.15) is 118 Å². The Morgan fingerprint density at radius 1 is 0.633 bits per heavy atom. The van der Waals surface area contributed by atoms with Gasteiger partial charge in [0, 0.05) is 12.1 Å². The van der Waals surface area contributed by atoms with E-state index >= 15 is 0 Å². The Morgan fingerprint density at radius 2 is 1.05 bits per heavy atom. The average Bonchev–Trinajstić information content (AvgIpc) is 3.69. The van der Waals surface area contributed by atoms with E-state index in [0.717, 1.165) is 83.2 Å². The normalized spacial score (nSPS) is 44.3. The van der Waals surface area contributed by atoms with Gasteiger partial charge in [0.05, 0.1) is 0 Å². The van der Waals surface area contributed by atoms with Crippen LogP contribution in [-0.4, -0.2) is 142 Å². The molecule has 6 saturated carbocycles. The van der Waals surface area contributed by atoms with Crippen LogP contribution in [-0.2, 0) is 0 Å². The molecule has 0 bridgehead atoms. The van der Waals surface area contributed by atoms with Crippen LogP contribution in [0.3, 0.4) is 0 Å². The van der Waals surface area contributed by atoms with Gasteiger partial charge >= 0.3 is 222 Å². The van der Waals surface area contributed by atoms with Gasteiger partial charge in [-0.25, -0.2) is 0 Å². The quantitative estimate of drug-likeness (QED) is 0.138. The molecule has 4 nitrogen and oxygen atoms in total. The average molecular weight is 967 g/mol. The van der Waals surface area contributed by atoms with E-state index in [1.807, 2.05) is 11.1 Å². The van der Waals surface area contributed by atoms with E-state index in [1.54, 1.807) is 4.44 Å². The molecule has 0 aromatic rings. The molecule has 0 amide bonds. The van der Waals surface area contributed by atoms with E-state index in [9.17, 15) is 0 Å². The topological polar surface area (TPSA) is 13.0 Å². The first kappa shape index (κ1) is 52.1. The monoisotopic (exact) mass is 966 g/mol. The van der Waals surface area contributed by atoms with Crippen LogP contribution in [0.2, 0.25) is 19.3 Å². The molecule has 0 aliphatic heterocycles. The number of hydrogen-bond donors (Lipinski definition) is 0. The first-order valence-electron chi connectivity index (χ1n) is 25.0. The predicted octanol–water partition coefficient (Wildman–Crippen LogP) is 8.36. The number of allylic oxidation sites excluding steroid dienone is 2. The summed E-state index contributed by atoms with van der Waals surface area (Å²) in [6.45, 7) is 15.0. The standard InChI is InChI=1S/2C25H43N2.3CH3.ClH.Mg.Sn/c2*1-16-14-22(17(2)26(4)5)20-10-11-23-21(24(16)20)9-8-18-15-19(27(6)7)12-13-25(18,23)3;;;;;;/h2*8,16-17,19-24H,1,9-15H2,2-7H3;3*1H3;1H;;/q;-1;;;;;+2;/p-1/t2*16?,17?,19?,20?,21?,22-,23?,24?,25+;;;;;;/m11....../s1/i;;;;;;;1+0. The van der Waals surface area contributed by atoms with E-state index in [1.165, 1.54) is 89.9 Å². The molecule has 8 aliphatic rings. The first-order valence-corrected chi connectivity index (χ1v) is 35.6. The summed E-state index contributed by atoms with van der Waals surface area (Å²) in [5.74, 6) is 11.0. The third kappa shape index (κ3) is 9.91. The molecule has 0 radical (unpaired) electrons. The number of halogens is 1. The van der Waals surface area contributed by atoms with Gasteiger partial charge in [-0.1, -0.05) is 30.9 Å². The van der Waals surface area contributed by atoms with E-state index < -0.39 is 18.4 Å². The summed E-state index contributed by atoms with van der Waals surface area (Å²) in [5.41, 5.74) is 4.64. The molecule has 0 spiro atoms. The van der Waals surface area contributed by atoms with Crippen molar-refractivity contribution in [3.05, 3.63) is 30.2 Å². The molecule has 0 aromatic carbocycles. The molecule has 14 unspecified atom stereocenters. The molecule has 8 rings (SSSR count). The van der Waals surface area contributed by atoms with Crippen molar-refractivity contribution in [3.63, 3.8) is 0 Å². The molecular formula is C53H95ClMgN4Sn. The van der Waals surface area contributed by atoms with Gasteiger partial charge in [0.15, 0.2) is 0 Å². The van der Waals surface area contributed by atoms with Crippen molar-refractivity contribution in [2.75, 3.05) is 56.4 Å². The summed E-state index contributed by atoms with van der Waals surface area (Å²) in [4.78, 5) is 18.0. The van der Waals surface area contributed by atoms with Crippen LogP contribution in [0.25, 0.3) is 0 Å². The number of hydrogen-bond acceptors (Lipinski definition) is 4. The summed E-state index contributed by atoms with van der Waals surface area (Å²) in [6.07, 6.45) is 25.3. The molecular weight excluding hydrogens is 871 g/mol. The zero-order chi connectivity index (χ0) is 42.2. The minimum absolute atomic E-state index is 0. The molecule has 0 heterocycles. The van der Waals surface area contributed by atoms with Gasteiger partial charge in [-0.2, -0.15) is 5.92 Å². The maximum atomic E-state index is 4.72. The summed E-state index contributed by atoms with van der Waals surface area (Å²) in [7, 11) is 18.3. The first-order chi connectivity index (χ1) is 27.2. The summed E-state index contributed by atoms with van der Waals surface area (Å²) >= 11 is -1.83. The molecule has 340 valence electrons. The van der Waals surface area contributed by atoms with Crippen molar-refractivity contribution in [2.45, 2.75) is 161 Å². The molecule has 7 heteroatoms. The zero-order valence-electron chi connectivity index (χ0n) is 42.1. The fourth-order valence-electron chi connectivity index (χ4n) is 16.9. The summed E-state index contributed by atoms with van der Waals surface area (Å²) in [6, 6.07) is 2.97. The zero-order valence-corrected chi connectivity index (χ0v) is 47.1. The van der Waals surface area contributed by atoms with Crippen molar-refractivity contribution in [3.8, 4) is 0 Å². The Kier molecular flexibility index (Phi) is 17.5. The third-order valence-electron chi connectivity index (χ3n) is 20.5. The van der Waals surface area contributed by atoms with Crippen LogP contribution in [0, 0.1) is 88.8 Å². The molecule has 18 atom stereocenters. The number of fused-ring (bicyclic) bond motifs is 10. The van der Waals surface area contributed by atoms with Gasteiger partial charge in [0.1, 0.15) is 0 Å². The van der Waals surface area contributed by atoms with Gasteiger partial charge in [0.25, 0.3) is 0 Å². The van der Waals surface area contributed by atoms with E-state index in [0.29, 0.717) is 22.8 Å². The largest absolute Gasteiger partial charge is 2.00 e. The Balaban J connectivity index is 0.000000222. The molecule has 8 aliphatic carbocycles. The van der Waals surface area contributed by atoms with Crippen LogP contribution in [0.4, 0.5) is 0 Å². The van der Waals surface area contributed by atoms with Crippen molar-refractivity contribution in [1.29, 1.82) is 0 Å². The van der Waals surface area contributed by atoms with E-state index in [2.05, 4.69) is 131 Å². The maximum Gasteiger partial charge on any atom is 2.00 e. The fourth-order valence-corrected chi connectivity index (χ4v) is 22.7. The fraction of sp³-hybridized carbons (Fsp3) is 0.906. The van der Waals surface area contributed by atoms with Gasteiger partial charge in [-0.15, -0.1) is 0 Å². The number of nitrogens with zero attached hydrogens (tertiary/aromatic N) is 4. The molecule has 0 aromatic heterocycles. The predicted molar refractivity (Wildman–Crippen MR) is 259 cm³/mol. The van der Waals surface area contributed by atoms with Crippen molar-refractivity contribution < 1.29 is 12.4 Å². The minimum Gasteiger partial charge on any atom is -1.00 e. The van der Waals surface area contributed by atoms with Crippen LogP contribution in [0.15, 0.2) is 23.3 Å². The second-order valence-corrected chi connectivity index (χ2v) is 40.9. The Morgan fingerprint density at radius 3 is 1.47 bits per heavy atom. The van der Waals surface area contributed by atoms with Gasteiger partial charge in [-0.3, -0.25) is 0 Å². The second-order valence-electron chi connectivity index (χ2n) is 25.2. The van der Waals surface area contributed by atoms with E-state index in [-0.39, 0.29) is 35.5 Å². The van der Waals surface area contributed by atoms with Crippen molar-refractivity contribution >= 4 is 41.4 Å². The molecule has 60 heavy (non-hydrogen) atoms. The smallest absolute Gasteiger partial charge is 1.00 e. The second kappa shape index (κ2) is 20.2. The Hall–Kier alpha value is 1.17. The molecule has 0 N–H and O–H groups in total. The molecule has 0 saturated heterocycles. The van der Waals surface area contributed by atoms with Crippen LogP contribution in [0.5, 0.6) is 0 Å². The Labute approximate surface area is 399 Å². The van der Waals surface area contributed by atoms with Crippen molar-refractivity contribution in [1.82, 2.24) is 19.6 Å². The minimum atomic E-state index is -1.83. The third-order valence-corrected chi connectivity index (χ3v) is 25.4. The Bertz CT molecular complexity index is 1490. The van der Waals surface area contributed by atoms with Gasteiger partial charge < -0.3 is 29.1 Å². The van der Waals surface area contributed by atoms with Gasteiger partial charge in [0.2, 0.25) is 0 Å². The van der Waals surface area contributed by atoms with Gasteiger partial charge in [-0.05, 0) is 103 Å². The number of rotatable bonds is 8. The summed E-state index contributed by atoms with van der Waals surface area (Å²) < 4.78 is 1.63. The van der Waals surface area contributed by atoms with Crippen molar-refractivity contribution in [2.24, 2.45) is 81.8 Å². The summed E-state index contributed by atoms with van der Waals surface area (Å²) in [5, 5.41) is 0. The van der Waals surface area contributed by atoms with Crippen LogP contribution >= 0.6 is 0 Å². The molecule has 6 fully saturated rings.